The minimum Gasteiger partial charge on any atom is -0.366 e. The van der Waals surface area contributed by atoms with Gasteiger partial charge >= 0.3 is 44.8 Å². The van der Waals surface area contributed by atoms with Crippen molar-refractivity contribution in [3.8, 4) is 11.8 Å². The maximum Gasteiger partial charge on any atom is 1.00 e. The Labute approximate surface area is 435 Å². The summed E-state index contributed by atoms with van der Waals surface area (Å²) in [4.78, 5) is 0. The Morgan fingerprint density at radius 1 is 0.294 bits per heavy atom. The van der Waals surface area contributed by atoms with E-state index in [2.05, 4.69) is 196 Å². The fourth-order valence-electron chi connectivity index (χ4n) is 8.90. The minimum atomic E-state index is -1.18. The molecule has 0 bridgehead atoms. The molecule has 0 atom stereocenters. The number of benzene rings is 11. The zero-order valence-electron chi connectivity index (χ0n) is 37.7. The van der Waals surface area contributed by atoms with Gasteiger partial charge in [-0.15, -0.1) is 11.1 Å². The van der Waals surface area contributed by atoms with Gasteiger partial charge < -0.3 is 12.8 Å². The molecular weight excluding hydrogens is 1050 g/mol. The number of hydrogen-bond donors (Lipinski definition) is 0. The quantitative estimate of drug-likeness (QED) is 0.0512. The molecule has 0 aromatic heterocycles. The van der Waals surface area contributed by atoms with Crippen LogP contribution >= 0.6 is 15.8 Å². The Hall–Kier alpha value is -6.08. The van der Waals surface area contributed by atoms with Gasteiger partial charge in [0.1, 0.15) is 47.7 Å². The average Bonchev–Trinajstić information content (AvgIpc) is 3.38. The van der Waals surface area contributed by atoms with Gasteiger partial charge in [0.2, 0.25) is 0 Å². The second-order valence-electron chi connectivity index (χ2n) is 16.3. The van der Waals surface area contributed by atoms with E-state index in [0.29, 0.717) is 0 Å². The third-order valence-electron chi connectivity index (χ3n) is 12.2. The molecule has 0 nitrogen and oxygen atoms in total. The van der Waals surface area contributed by atoms with E-state index in [9.17, 15) is 0 Å². The molecule has 68 heavy (non-hydrogen) atoms. The Morgan fingerprint density at radius 3 is 0.750 bits per heavy atom. The second kappa shape index (κ2) is 23.8. The van der Waals surface area contributed by atoms with Crippen molar-refractivity contribution in [2.24, 2.45) is 0 Å². The maximum absolute atomic E-state index is 7.46. The fraction of sp³-hybridized carbons (Fsp3) is 0.0312. The summed E-state index contributed by atoms with van der Waals surface area (Å²) in [5.41, 5.74) is 4.51. The zero-order chi connectivity index (χ0) is 45.2. The molecule has 0 amide bonds. The van der Waals surface area contributed by atoms with E-state index in [1.165, 1.54) is 43.0 Å². The van der Waals surface area contributed by atoms with E-state index < -0.39 is 15.8 Å². The van der Waals surface area contributed by atoms with Crippen LogP contribution in [0.15, 0.2) is 243 Å². The minimum absolute atomic E-state index is 0. The largest absolute Gasteiger partial charge is 1.00 e. The molecule has 11 aromatic rings. The predicted molar refractivity (Wildman–Crippen MR) is 291 cm³/mol. The summed E-state index contributed by atoms with van der Waals surface area (Å²) < 4.78 is 0. The maximum atomic E-state index is 7.46. The molecule has 0 fully saturated rings. The van der Waals surface area contributed by atoms with Crippen LogP contribution in [0.25, 0.3) is 43.1 Å². The number of rotatable bonds is 6. The van der Waals surface area contributed by atoms with Crippen LogP contribution in [0.5, 0.6) is 0 Å². The third-order valence-corrected chi connectivity index (χ3v) is 18.0. The first-order valence-corrected chi connectivity index (χ1v) is 25.3. The van der Waals surface area contributed by atoms with Gasteiger partial charge in [-0.25, -0.2) is 0 Å². The van der Waals surface area contributed by atoms with E-state index in [-0.39, 0.29) is 44.8 Å². The molecule has 4 heteroatoms. The summed E-state index contributed by atoms with van der Waals surface area (Å²) in [7, 11) is -2.36. The van der Waals surface area contributed by atoms with Crippen molar-refractivity contribution in [2.75, 3.05) is 0 Å². The van der Waals surface area contributed by atoms with Crippen LogP contribution in [0, 0.1) is 38.5 Å². The molecule has 0 N–H and O–H groups in total. The van der Waals surface area contributed by atoms with E-state index in [4.69, 9.17) is 12.8 Å². The standard InChI is InChI=1S/C32H28P2.2C16H9.2Ag/c1-25-23-31(33(27-15-7-3-8-16-27)28-17-9-4-10-18-28)32(24-26(25)2)34(29-19-11-5-12-20-29)30-21-13-6-14-22-30;2*1-2-14-15-9-5-3-7-12(15)11-13-8-4-6-10-16(13)14;;/h3-24H,1-2H3;2*3-11H;;/q;2*-1;2*+1/p+2. The average molecular weight is 1090 g/mol. The van der Waals surface area contributed by atoms with Crippen molar-refractivity contribution in [1.82, 2.24) is 0 Å². The molecule has 334 valence electrons. The molecule has 0 radical (unpaired) electrons. The molecule has 0 heterocycles. The van der Waals surface area contributed by atoms with Crippen LogP contribution in [0.3, 0.4) is 0 Å². The normalized spacial score (nSPS) is 10.5. The summed E-state index contributed by atoms with van der Waals surface area (Å²) in [5, 5.41) is 17.8. The van der Waals surface area contributed by atoms with Crippen LogP contribution in [-0.4, -0.2) is 0 Å². The second-order valence-corrected chi connectivity index (χ2v) is 21.2. The van der Waals surface area contributed by atoms with E-state index in [0.717, 1.165) is 54.2 Å². The summed E-state index contributed by atoms with van der Waals surface area (Å²) >= 11 is 0. The van der Waals surface area contributed by atoms with E-state index in [1.807, 2.05) is 72.8 Å². The monoisotopic (exact) mass is 1090 g/mol. The van der Waals surface area contributed by atoms with Crippen LogP contribution in [0.1, 0.15) is 22.3 Å². The molecule has 0 aliphatic rings. The predicted octanol–water partition coefficient (Wildman–Crippen LogP) is 13.1. The SMILES string of the molecule is Cc1cc([PH+](c2ccccc2)c2ccccc2)c([PH+](c2ccccc2)c2ccccc2)cc1C.[Ag+].[Ag+].[C-]#Cc1c2ccccc2cc2ccccc12.[C-]#Cc1c2ccccc2cc2ccccc12. The van der Waals surface area contributed by atoms with Crippen LogP contribution in [0.2, 0.25) is 0 Å². The van der Waals surface area contributed by atoms with Gasteiger partial charge in [0.05, 0.1) is 0 Å². The Morgan fingerprint density at radius 2 is 0.515 bits per heavy atom. The summed E-state index contributed by atoms with van der Waals surface area (Å²) in [6.45, 7) is 4.52. The van der Waals surface area contributed by atoms with Gasteiger partial charge in [0, 0.05) is 0 Å². The van der Waals surface area contributed by atoms with Gasteiger partial charge in [-0.05, 0) is 119 Å². The smallest absolute Gasteiger partial charge is 0.366 e. The molecule has 11 rings (SSSR count). The van der Waals surface area contributed by atoms with Gasteiger partial charge in [-0.3, -0.25) is 11.8 Å². The fourth-order valence-corrected chi connectivity index (χ4v) is 15.1. The molecule has 0 aliphatic heterocycles. The molecule has 0 spiro atoms. The molecule has 0 aliphatic carbocycles. The Bertz CT molecular complexity index is 3100. The third kappa shape index (κ3) is 10.9. The first-order chi connectivity index (χ1) is 32.5. The van der Waals surface area contributed by atoms with Crippen LogP contribution in [-0.2, 0) is 44.8 Å². The number of fused-ring (bicyclic) bond motifs is 4. The van der Waals surface area contributed by atoms with Crippen LogP contribution < -0.4 is 31.8 Å². The van der Waals surface area contributed by atoms with Crippen molar-refractivity contribution >= 4 is 90.8 Å². The molecule has 0 saturated heterocycles. The number of hydrogen-bond acceptors (Lipinski definition) is 0. The topological polar surface area (TPSA) is 0 Å². The van der Waals surface area contributed by atoms with Crippen LogP contribution in [0.4, 0.5) is 0 Å². The molecular formula is C64H48Ag2P2+2. The molecule has 0 saturated carbocycles. The first-order valence-electron chi connectivity index (χ1n) is 22.3. The summed E-state index contributed by atoms with van der Waals surface area (Å²) in [6, 6.07) is 86.3. The molecule has 11 aromatic carbocycles. The van der Waals surface area contributed by atoms with Crippen molar-refractivity contribution in [3.05, 3.63) is 278 Å². The zero-order valence-corrected chi connectivity index (χ0v) is 42.7. The van der Waals surface area contributed by atoms with Gasteiger partial charge in [0.25, 0.3) is 0 Å². The summed E-state index contributed by atoms with van der Waals surface area (Å²) in [5.74, 6) is 5.13. The Kier molecular flexibility index (Phi) is 17.4. The van der Waals surface area contributed by atoms with Crippen molar-refractivity contribution < 1.29 is 44.8 Å². The van der Waals surface area contributed by atoms with Crippen molar-refractivity contribution in [1.29, 1.82) is 0 Å². The Balaban J connectivity index is 0.000000167. The van der Waals surface area contributed by atoms with Crippen molar-refractivity contribution in [3.63, 3.8) is 0 Å². The van der Waals surface area contributed by atoms with E-state index >= 15 is 0 Å². The van der Waals surface area contributed by atoms with Gasteiger partial charge in [-0.1, -0.05) is 191 Å². The molecule has 0 unspecified atom stereocenters. The first kappa shape index (κ1) is 49.8. The number of aryl methyl sites for hydroxylation is 2. The summed E-state index contributed by atoms with van der Waals surface area (Å²) in [6.07, 6.45) is 14.9. The van der Waals surface area contributed by atoms with Gasteiger partial charge in [-0.2, -0.15) is 0 Å². The van der Waals surface area contributed by atoms with E-state index in [1.54, 1.807) is 0 Å². The van der Waals surface area contributed by atoms with Gasteiger partial charge in [0.15, 0.2) is 0 Å². The van der Waals surface area contributed by atoms with Crippen molar-refractivity contribution in [2.45, 2.75) is 13.8 Å².